The Morgan fingerprint density at radius 3 is 2.61 bits per heavy atom. The number of aryl methyl sites for hydroxylation is 1. The number of nitrogens with one attached hydrogen (secondary N) is 2. The van der Waals surface area contributed by atoms with E-state index in [1.165, 1.54) is 0 Å². The first-order valence-electron chi connectivity index (χ1n) is 7.56. The summed E-state index contributed by atoms with van der Waals surface area (Å²) in [5, 5.41) is 7.55. The molecular weight excluding hydrogens is 331 g/mol. The summed E-state index contributed by atoms with van der Waals surface area (Å²) in [6.45, 7) is 3.18. The molecule has 1 amide bonds. The molecule has 3 nitrogen and oxygen atoms in total. The largest absolute Gasteiger partial charge is 0.384 e. The first-order chi connectivity index (χ1) is 11.0. The molecule has 2 rings (SSSR count). The van der Waals surface area contributed by atoms with Gasteiger partial charge in [-0.3, -0.25) is 4.79 Å². The number of hydrogen-bond donors (Lipinski definition) is 2. The van der Waals surface area contributed by atoms with Crippen LogP contribution >= 0.6 is 23.2 Å². The molecule has 2 aromatic carbocycles. The Bertz CT molecular complexity index is 674. The maximum absolute atomic E-state index is 11.8. The van der Waals surface area contributed by atoms with E-state index in [1.807, 2.05) is 49.4 Å². The highest BCUT2D eigenvalue weighted by molar-refractivity contribution is 6.31. The van der Waals surface area contributed by atoms with Gasteiger partial charge in [-0.15, -0.1) is 0 Å². The highest BCUT2D eigenvalue weighted by atomic mass is 35.5. The van der Waals surface area contributed by atoms with E-state index in [2.05, 4.69) is 10.6 Å². The maximum atomic E-state index is 11.8. The zero-order valence-electron chi connectivity index (χ0n) is 13.0. The Kier molecular flexibility index (Phi) is 6.75. The summed E-state index contributed by atoms with van der Waals surface area (Å²) in [5.74, 6) is 0.0270. The van der Waals surface area contributed by atoms with Crippen LogP contribution in [0.15, 0.2) is 42.5 Å². The van der Waals surface area contributed by atoms with Crippen molar-refractivity contribution in [1.29, 1.82) is 0 Å². The normalized spacial score (nSPS) is 10.4. The maximum Gasteiger partial charge on any atom is 0.221 e. The molecule has 0 saturated heterocycles. The molecule has 5 heteroatoms. The van der Waals surface area contributed by atoms with Crippen molar-refractivity contribution in [3.63, 3.8) is 0 Å². The van der Waals surface area contributed by atoms with Gasteiger partial charge in [0.05, 0.1) is 0 Å². The quantitative estimate of drug-likeness (QED) is 0.773. The van der Waals surface area contributed by atoms with Gasteiger partial charge in [-0.1, -0.05) is 41.4 Å². The molecule has 122 valence electrons. The van der Waals surface area contributed by atoms with Crippen LogP contribution in [0.1, 0.15) is 17.5 Å². The molecule has 0 atom stereocenters. The Morgan fingerprint density at radius 1 is 1.04 bits per heavy atom. The van der Waals surface area contributed by atoms with Crippen LogP contribution in [-0.4, -0.2) is 19.0 Å². The van der Waals surface area contributed by atoms with E-state index in [1.54, 1.807) is 0 Å². The van der Waals surface area contributed by atoms with Crippen LogP contribution in [-0.2, 0) is 11.2 Å². The first kappa shape index (κ1) is 17.6. The summed E-state index contributed by atoms with van der Waals surface area (Å²) >= 11 is 11.9. The second kappa shape index (κ2) is 8.80. The van der Waals surface area contributed by atoms with Crippen LogP contribution in [0.3, 0.4) is 0 Å². The molecule has 0 unspecified atom stereocenters. The third-order valence-electron chi connectivity index (χ3n) is 3.49. The molecule has 0 aliphatic heterocycles. The fraction of sp³-hybridized carbons (Fsp3) is 0.278. The Hall–Kier alpha value is -1.71. The van der Waals surface area contributed by atoms with E-state index in [-0.39, 0.29) is 5.91 Å². The zero-order valence-corrected chi connectivity index (χ0v) is 14.5. The Labute approximate surface area is 147 Å². The highest BCUT2D eigenvalue weighted by Gasteiger charge is 2.03. The molecular formula is C18H20Cl2N2O. The summed E-state index contributed by atoms with van der Waals surface area (Å²) in [5.41, 5.74) is 3.19. The van der Waals surface area contributed by atoms with Gasteiger partial charge in [0.15, 0.2) is 0 Å². The zero-order chi connectivity index (χ0) is 16.7. The number of carbonyl (C=O) groups excluding carboxylic acids is 1. The molecule has 0 aliphatic carbocycles. The van der Waals surface area contributed by atoms with Gasteiger partial charge in [0, 0.05) is 35.2 Å². The van der Waals surface area contributed by atoms with E-state index in [9.17, 15) is 4.79 Å². The van der Waals surface area contributed by atoms with Crippen molar-refractivity contribution in [3.8, 4) is 0 Å². The van der Waals surface area contributed by atoms with Gasteiger partial charge >= 0.3 is 0 Å². The van der Waals surface area contributed by atoms with E-state index in [0.29, 0.717) is 24.5 Å². The van der Waals surface area contributed by atoms with E-state index in [0.717, 1.165) is 28.3 Å². The second-order valence-electron chi connectivity index (χ2n) is 5.37. The number of benzene rings is 2. The van der Waals surface area contributed by atoms with Crippen LogP contribution in [0, 0.1) is 6.92 Å². The van der Waals surface area contributed by atoms with Crippen molar-refractivity contribution in [2.24, 2.45) is 0 Å². The predicted octanol–water partition coefficient (Wildman–Crippen LogP) is 4.46. The van der Waals surface area contributed by atoms with Crippen molar-refractivity contribution >= 4 is 34.8 Å². The fourth-order valence-corrected chi connectivity index (χ4v) is 2.61. The monoisotopic (exact) mass is 350 g/mol. The molecule has 0 bridgehead atoms. The molecule has 0 aromatic heterocycles. The van der Waals surface area contributed by atoms with Gasteiger partial charge in [-0.25, -0.2) is 0 Å². The van der Waals surface area contributed by atoms with Gasteiger partial charge in [0.25, 0.3) is 0 Å². The van der Waals surface area contributed by atoms with Crippen LogP contribution < -0.4 is 10.6 Å². The fourth-order valence-electron chi connectivity index (χ4n) is 2.22. The van der Waals surface area contributed by atoms with Crippen molar-refractivity contribution in [2.75, 3.05) is 18.4 Å². The lowest BCUT2D eigenvalue weighted by Gasteiger charge is -2.10. The second-order valence-corrected chi connectivity index (χ2v) is 6.24. The van der Waals surface area contributed by atoms with Crippen molar-refractivity contribution in [2.45, 2.75) is 19.8 Å². The Morgan fingerprint density at radius 2 is 1.83 bits per heavy atom. The lowest BCUT2D eigenvalue weighted by molar-refractivity contribution is -0.120. The third-order valence-corrected chi connectivity index (χ3v) is 3.96. The van der Waals surface area contributed by atoms with E-state index >= 15 is 0 Å². The van der Waals surface area contributed by atoms with Gasteiger partial charge < -0.3 is 10.6 Å². The van der Waals surface area contributed by atoms with Crippen LogP contribution in [0.4, 0.5) is 5.69 Å². The summed E-state index contributed by atoms with van der Waals surface area (Å²) < 4.78 is 0. The smallest absolute Gasteiger partial charge is 0.221 e. The molecule has 0 radical (unpaired) electrons. The number of halogens is 2. The summed E-state index contributed by atoms with van der Waals surface area (Å²) in [6.07, 6.45) is 1.19. The number of carbonyl (C=O) groups is 1. The SMILES string of the molecule is Cc1ccc(Cl)cc1NCCC(=O)NCCc1cccc(Cl)c1. The van der Waals surface area contributed by atoms with E-state index in [4.69, 9.17) is 23.2 Å². The molecule has 0 spiro atoms. The minimum Gasteiger partial charge on any atom is -0.384 e. The van der Waals surface area contributed by atoms with Gasteiger partial charge in [0.2, 0.25) is 5.91 Å². The summed E-state index contributed by atoms with van der Waals surface area (Å²) in [4.78, 5) is 11.8. The van der Waals surface area contributed by atoms with Crippen molar-refractivity contribution < 1.29 is 4.79 Å². The van der Waals surface area contributed by atoms with Gasteiger partial charge in [-0.05, 0) is 48.7 Å². The third kappa shape index (κ3) is 6.12. The van der Waals surface area contributed by atoms with Crippen molar-refractivity contribution in [1.82, 2.24) is 5.32 Å². The number of rotatable bonds is 7. The minimum absolute atomic E-state index is 0.0270. The minimum atomic E-state index is 0.0270. The highest BCUT2D eigenvalue weighted by Crippen LogP contribution is 2.19. The Balaban J connectivity index is 1.68. The average molecular weight is 351 g/mol. The van der Waals surface area contributed by atoms with Crippen LogP contribution in [0.25, 0.3) is 0 Å². The van der Waals surface area contributed by atoms with Gasteiger partial charge in [-0.2, -0.15) is 0 Å². The van der Waals surface area contributed by atoms with Crippen LogP contribution in [0.2, 0.25) is 10.0 Å². The molecule has 0 fully saturated rings. The lowest BCUT2D eigenvalue weighted by atomic mass is 10.1. The summed E-state index contributed by atoms with van der Waals surface area (Å²) in [7, 11) is 0. The standard InChI is InChI=1S/C18H20Cl2N2O/c1-13-5-6-16(20)12-17(13)21-10-8-18(23)22-9-7-14-3-2-4-15(19)11-14/h2-6,11-12,21H,7-10H2,1H3,(H,22,23). The number of hydrogen-bond acceptors (Lipinski definition) is 2. The topological polar surface area (TPSA) is 41.1 Å². The molecule has 0 heterocycles. The molecule has 2 aromatic rings. The predicted molar refractivity (Wildman–Crippen MR) is 97.5 cm³/mol. The number of amides is 1. The van der Waals surface area contributed by atoms with Gasteiger partial charge in [0.1, 0.15) is 0 Å². The molecule has 2 N–H and O–H groups in total. The molecule has 23 heavy (non-hydrogen) atoms. The van der Waals surface area contributed by atoms with Crippen molar-refractivity contribution in [3.05, 3.63) is 63.6 Å². The van der Waals surface area contributed by atoms with Crippen LogP contribution in [0.5, 0.6) is 0 Å². The molecule has 0 aliphatic rings. The summed E-state index contributed by atoms with van der Waals surface area (Å²) in [6, 6.07) is 13.3. The average Bonchev–Trinajstić information content (AvgIpc) is 2.51. The molecule has 0 saturated carbocycles. The first-order valence-corrected chi connectivity index (χ1v) is 8.31. The number of anilines is 1. The van der Waals surface area contributed by atoms with E-state index < -0.39 is 0 Å². The lowest BCUT2D eigenvalue weighted by Crippen LogP contribution is -2.27.